The molecule has 0 radical (unpaired) electrons. The average molecular weight is 169 g/mol. The number of hydrogen-bond acceptors (Lipinski definition) is 3. The summed E-state index contributed by atoms with van der Waals surface area (Å²) in [6, 6.07) is 0. The fraction of sp³-hybridized carbons (Fsp3) is 0.800. The fourth-order valence-corrected chi connectivity index (χ4v) is 0.690. The maximum absolute atomic E-state index is 10.3. The summed E-state index contributed by atoms with van der Waals surface area (Å²) in [5.41, 5.74) is 0. The topological polar surface area (TPSA) is 26.3 Å². The van der Waals surface area contributed by atoms with Gasteiger partial charge in [0, 0.05) is 25.2 Å². The SMILES string of the molecule is O=C(CCCCCl)OS. The van der Waals surface area contributed by atoms with Gasteiger partial charge in [0.15, 0.2) is 0 Å². The molecule has 0 saturated heterocycles. The first-order valence-electron chi connectivity index (χ1n) is 2.71. The van der Waals surface area contributed by atoms with Crippen LogP contribution in [0.25, 0.3) is 0 Å². The van der Waals surface area contributed by atoms with Crippen molar-refractivity contribution in [3.63, 3.8) is 0 Å². The van der Waals surface area contributed by atoms with Crippen LogP contribution in [0.2, 0.25) is 0 Å². The second-order valence-corrected chi connectivity index (χ2v) is 2.17. The molecule has 0 unspecified atom stereocenters. The Bertz CT molecular complexity index is 87.0. The third kappa shape index (κ3) is 5.99. The van der Waals surface area contributed by atoms with Crippen molar-refractivity contribution >= 4 is 30.5 Å². The number of carbonyl (C=O) groups excluding carboxylic acids is 1. The van der Waals surface area contributed by atoms with Gasteiger partial charge in [-0.15, -0.1) is 11.6 Å². The molecule has 0 aliphatic rings. The molecule has 0 bridgehead atoms. The first kappa shape index (κ1) is 9.11. The second-order valence-electron chi connectivity index (χ2n) is 1.61. The van der Waals surface area contributed by atoms with Crippen LogP contribution in [0.3, 0.4) is 0 Å². The van der Waals surface area contributed by atoms with Crippen molar-refractivity contribution in [3.8, 4) is 0 Å². The molecule has 0 aromatic heterocycles. The van der Waals surface area contributed by atoms with E-state index < -0.39 is 0 Å². The Labute approximate surface area is 65.1 Å². The van der Waals surface area contributed by atoms with Gasteiger partial charge in [0.05, 0.1) is 0 Å². The Morgan fingerprint density at radius 3 is 2.67 bits per heavy atom. The van der Waals surface area contributed by atoms with Gasteiger partial charge in [0.25, 0.3) is 0 Å². The molecular weight excluding hydrogens is 160 g/mol. The molecule has 0 rings (SSSR count). The van der Waals surface area contributed by atoms with Gasteiger partial charge in [-0.25, -0.2) is 0 Å². The molecule has 0 N–H and O–H groups in total. The minimum atomic E-state index is -0.288. The minimum Gasteiger partial charge on any atom is -0.395 e. The van der Waals surface area contributed by atoms with Crippen LogP contribution in [0, 0.1) is 0 Å². The number of unbranched alkanes of at least 4 members (excludes halogenated alkanes) is 1. The highest BCUT2D eigenvalue weighted by molar-refractivity contribution is 7.75. The third-order valence-corrected chi connectivity index (χ3v) is 1.34. The summed E-state index contributed by atoms with van der Waals surface area (Å²) in [5, 5.41) is 0. The van der Waals surface area contributed by atoms with Crippen molar-refractivity contribution in [2.24, 2.45) is 0 Å². The molecular formula is C5H9ClO2S. The van der Waals surface area contributed by atoms with Crippen molar-refractivity contribution in [1.29, 1.82) is 0 Å². The maximum Gasteiger partial charge on any atom is 0.317 e. The van der Waals surface area contributed by atoms with E-state index in [1.807, 2.05) is 0 Å². The van der Waals surface area contributed by atoms with E-state index in [1.165, 1.54) is 0 Å². The predicted octanol–water partition coefficient (Wildman–Crippen LogP) is 1.78. The number of thiol groups is 1. The second kappa shape index (κ2) is 6.23. The quantitative estimate of drug-likeness (QED) is 0.300. The summed E-state index contributed by atoms with van der Waals surface area (Å²) in [7, 11) is 0. The summed E-state index contributed by atoms with van der Waals surface area (Å²) in [6.45, 7) is 0. The van der Waals surface area contributed by atoms with Crippen LogP contribution in [-0.4, -0.2) is 11.8 Å². The number of carbonyl (C=O) groups is 1. The molecule has 9 heavy (non-hydrogen) atoms. The Balaban J connectivity index is 2.97. The minimum absolute atomic E-state index is 0.288. The predicted molar refractivity (Wildman–Crippen MR) is 39.6 cm³/mol. The number of rotatable bonds is 4. The van der Waals surface area contributed by atoms with Crippen LogP contribution in [0.5, 0.6) is 0 Å². The highest BCUT2D eigenvalue weighted by Gasteiger charge is 1.97. The van der Waals surface area contributed by atoms with E-state index in [0.717, 1.165) is 12.8 Å². The number of alkyl halides is 1. The van der Waals surface area contributed by atoms with Crippen LogP contribution in [-0.2, 0) is 8.98 Å². The smallest absolute Gasteiger partial charge is 0.317 e. The summed E-state index contributed by atoms with van der Waals surface area (Å²) in [5.74, 6) is 0.309. The first-order chi connectivity index (χ1) is 4.31. The van der Waals surface area contributed by atoms with Gasteiger partial charge in [-0.2, -0.15) is 0 Å². The summed E-state index contributed by atoms with van der Waals surface area (Å²) in [6.07, 6.45) is 2.05. The molecule has 54 valence electrons. The van der Waals surface area contributed by atoms with Crippen LogP contribution in [0.1, 0.15) is 19.3 Å². The molecule has 4 heteroatoms. The Morgan fingerprint density at radius 1 is 1.56 bits per heavy atom. The van der Waals surface area contributed by atoms with Gasteiger partial charge in [0.2, 0.25) is 0 Å². The van der Waals surface area contributed by atoms with Gasteiger partial charge >= 0.3 is 5.97 Å². The molecule has 0 aromatic rings. The summed E-state index contributed by atoms with van der Waals surface area (Å²) >= 11 is 8.69. The van der Waals surface area contributed by atoms with Gasteiger partial charge in [0.1, 0.15) is 0 Å². The maximum atomic E-state index is 10.3. The van der Waals surface area contributed by atoms with E-state index in [0.29, 0.717) is 12.3 Å². The number of halogens is 1. The van der Waals surface area contributed by atoms with Crippen molar-refractivity contribution in [1.82, 2.24) is 0 Å². The molecule has 0 amide bonds. The normalized spacial score (nSPS) is 9.11. The van der Waals surface area contributed by atoms with Gasteiger partial charge in [-0.1, -0.05) is 0 Å². The first-order valence-corrected chi connectivity index (χ1v) is 3.61. The molecule has 0 atom stereocenters. The van der Waals surface area contributed by atoms with Gasteiger partial charge in [-0.05, 0) is 12.8 Å². The Morgan fingerprint density at radius 2 is 2.22 bits per heavy atom. The lowest BCUT2D eigenvalue weighted by Gasteiger charge is -1.93. The monoisotopic (exact) mass is 168 g/mol. The zero-order chi connectivity index (χ0) is 7.11. The van der Waals surface area contributed by atoms with Crippen LogP contribution >= 0.6 is 24.5 Å². The molecule has 0 spiro atoms. The molecule has 0 heterocycles. The van der Waals surface area contributed by atoms with Crippen LogP contribution < -0.4 is 0 Å². The largest absolute Gasteiger partial charge is 0.395 e. The van der Waals surface area contributed by atoms with E-state index in [2.05, 4.69) is 17.1 Å². The van der Waals surface area contributed by atoms with E-state index in [1.54, 1.807) is 0 Å². The highest BCUT2D eigenvalue weighted by atomic mass is 35.5. The van der Waals surface area contributed by atoms with E-state index in [9.17, 15) is 4.79 Å². The van der Waals surface area contributed by atoms with Crippen LogP contribution in [0.4, 0.5) is 0 Å². The molecule has 0 fully saturated rings. The molecule has 0 aliphatic heterocycles. The van der Waals surface area contributed by atoms with E-state index in [4.69, 9.17) is 11.6 Å². The lowest BCUT2D eigenvalue weighted by molar-refractivity contribution is -0.132. The lowest BCUT2D eigenvalue weighted by atomic mass is 10.3. The standard InChI is InChI=1S/C5H9ClO2S/c6-4-2-1-3-5(7)8-9/h9H,1-4H2. The van der Waals surface area contributed by atoms with Gasteiger partial charge in [-0.3, -0.25) is 4.79 Å². The molecule has 0 aromatic carbocycles. The Kier molecular flexibility index (Phi) is 6.31. The zero-order valence-corrected chi connectivity index (χ0v) is 6.62. The number of hydrogen-bond donors (Lipinski definition) is 1. The van der Waals surface area contributed by atoms with Crippen molar-refractivity contribution < 1.29 is 8.98 Å². The lowest BCUT2D eigenvalue weighted by Crippen LogP contribution is -1.95. The van der Waals surface area contributed by atoms with E-state index in [-0.39, 0.29) is 5.97 Å². The highest BCUT2D eigenvalue weighted by Crippen LogP contribution is 1.99. The van der Waals surface area contributed by atoms with Gasteiger partial charge < -0.3 is 4.18 Å². The van der Waals surface area contributed by atoms with Crippen molar-refractivity contribution in [2.45, 2.75) is 19.3 Å². The third-order valence-electron chi connectivity index (χ3n) is 0.866. The van der Waals surface area contributed by atoms with Crippen molar-refractivity contribution in [2.75, 3.05) is 5.88 Å². The molecule has 0 aliphatic carbocycles. The van der Waals surface area contributed by atoms with Crippen LogP contribution in [0.15, 0.2) is 0 Å². The fourth-order valence-electron chi connectivity index (χ4n) is 0.409. The van der Waals surface area contributed by atoms with E-state index >= 15 is 0 Å². The molecule has 2 nitrogen and oxygen atoms in total. The van der Waals surface area contributed by atoms with Crippen molar-refractivity contribution in [3.05, 3.63) is 0 Å². The Hall–Kier alpha value is 0.110. The average Bonchev–Trinajstić information content (AvgIpc) is 1.89. The summed E-state index contributed by atoms with van der Waals surface area (Å²) < 4.78 is 4.11. The molecule has 0 saturated carbocycles. The summed E-state index contributed by atoms with van der Waals surface area (Å²) in [4.78, 5) is 10.3. The zero-order valence-electron chi connectivity index (χ0n) is 4.97.